The summed E-state index contributed by atoms with van der Waals surface area (Å²) < 4.78 is 42.7. The fourth-order valence-electron chi connectivity index (χ4n) is 1.31. The van der Waals surface area contributed by atoms with Gasteiger partial charge in [0.15, 0.2) is 11.6 Å². The Morgan fingerprint density at radius 1 is 1.26 bits per heavy atom. The first kappa shape index (κ1) is 14.0. The number of hydrogen-bond acceptors (Lipinski definition) is 4. The lowest BCUT2D eigenvalue weighted by molar-refractivity contribution is 0.0729. The van der Waals surface area contributed by atoms with Crippen LogP contribution in [0.5, 0.6) is 5.75 Å². The highest BCUT2D eigenvalue weighted by molar-refractivity contribution is 7.99. The molecule has 0 N–H and O–H groups in total. The molecule has 1 aromatic carbocycles. The van der Waals surface area contributed by atoms with Crippen molar-refractivity contribution >= 4 is 29.1 Å². The molecule has 0 amide bonds. The van der Waals surface area contributed by atoms with Crippen LogP contribution in [-0.4, -0.2) is 11.7 Å². The number of carbonyl (C=O) groups excluding carboxylic acids is 1. The summed E-state index contributed by atoms with van der Waals surface area (Å²) in [6, 6.07) is 6.80. The summed E-state index contributed by atoms with van der Waals surface area (Å²) >= 11 is 1.23. The van der Waals surface area contributed by atoms with E-state index in [0.29, 0.717) is 0 Å². The van der Waals surface area contributed by atoms with Gasteiger partial charge in [0.1, 0.15) is 4.88 Å². The number of esters is 1. The summed E-state index contributed by atoms with van der Waals surface area (Å²) in [5.41, 5.74) is 0. The molecule has 2 rings (SSSR count). The topological polar surface area (TPSA) is 26.3 Å². The van der Waals surface area contributed by atoms with Crippen LogP contribution < -0.4 is 4.74 Å². The lowest BCUT2D eigenvalue weighted by atomic mass is 10.3. The number of halogens is 3. The molecule has 0 aliphatic heterocycles. The van der Waals surface area contributed by atoms with Crippen molar-refractivity contribution in [3.8, 4) is 5.75 Å². The number of thiophene rings is 1. The highest BCUT2D eigenvalue weighted by atomic mass is 32.2. The molecular formula is C12H7F3O2S2. The van der Waals surface area contributed by atoms with Crippen molar-refractivity contribution in [1.29, 1.82) is 0 Å². The smallest absolute Gasteiger partial charge is 0.354 e. The van der Waals surface area contributed by atoms with Crippen LogP contribution in [-0.2, 0) is 0 Å². The number of para-hydroxylation sites is 1. The van der Waals surface area contributed by atoms with Gasteiger partial charge in [0.25, 0.3) is 5.76 Å². The number of alkyl halides is 2. The van der Waals surface area contributed by atoms with Crippen LogP contribution in [0.4, 0.5) is 13.2 Å². The minimum Gasteiger partial charge on any atom is -0.419 e. The molecular weight excluding hydrogens is 297 g/mol. The summed E-state index contributed by atoms with van der Waals surface area (Å²) in [5, 5.41) is 1.50. The number of hydrogen-bond donors (Lipinski definition) is 0. The van der Waals surface area contributed by atoms with Gasteiger partial charge in [-0.3, -0.25) is 0 Å². The monoisotopic (exact) mass is 304 g/mol. The van der Waals surface area contributed by atoms with Gasteiger partial charge in [-0.2, -0.15) is 8.78 Å². The average Bonchev–Trinajstić information content (AvgIpc) is 2.79. The van der Waals surface area contributed by atoms with Gasteiger partial charge in [0, 0.05) is 4.90 Å². The fraction of sp³-hybridized carbons (Fsp3) is 0.0833. The van der Waals surface area contributed by atoms with Gasteiger partial charge in [0.05, 0.1) is 0 Å². The lowest BCUT2D eigenvalue weighted by Gasteiger charge is -2.05. The standard InChI is InChI=1S/C12H7F3O2S2/c13-7-3-1-2-4-8(7)17-11(16)10-9(5-6-18-10)19-12(14)15/h1-6,12H. The Morgan fingerprint density at radius 2 is 2.00 bits per heavy atom. The molecule has 0 radical (unpaired) electrons. The van der Waals surface area contributed by atoms with Crippen molar-refractivity contribution < 1.29 is 22.7 Å². The van der Waals surface area contributed by atoms with E-state index in [1.165, 1.54) is 29.6 Å². The van der Waals surface area contributed by atoms with Crippen molar-refractivity contribution in [3.63, 3.8) is 0 Å². The van der Waals surface area contributed by atoms with Crippen LogP contribution in [0, 0.1) is 5.82 Å². The quantitative estimate of drug-likeness (QED) is 0.475. The van der Waals surface area contributed by atoms with Gasteiger partial charge < -0.3 is 4.74 Å². The first-order valence-electron chi connectivity index (χ1n) is 5.07. The van der Waals surface area contributed by atoms with Crippen LogP contribution >= 0.6 is 23.1 Å². The van der Waals surface area contributed by atoms with Gasteiger partial charge in [-0.05, 0) is 23.6 Å². The molecule has 0 aliphatic carbocycles. The molecule has 0 atom stereocenters. The van der Waals surface area contributed by atoms with E-state index in [2.05, 4.69) is 0 Å². The van der Waals surface area contributed by atoms with Gasteiger partial charge >= 0.3 is 5.97 Å². The third-order valence-corrected chi connectivity index (χ3v) is 3.87. The predicted molar refractivity (Wildman–Crippen MR) is 67.5 cm³/mol. The van der Waals surface area contributed by atoms with Crippen molar-refractivity contribution in [1.82, 2.24) is 0 Å². The summed E-state index contributed by atoms with van der Waals surface area (Å²) in [6.07, 6.45) is 0. The molecule has 0 fully saturated rings. The van der Waals surface area contributed by atoms with E-state index in [1.807, 2.05) is 0 Å². The largest absolute Gasteiger partial charge is 0.419 e. The minimum atomic E-state index is -2.63. The zero-order valence-corrected chi connectivity index (χ0v) is 10.9. The molecule has 0 bridgehead atoms. The molecule has 0 unspecified atom stereocenters. The second-order valence-electron chi connectivity index (χ2n) is 3.31. The van der Waals surface area contributed by atoms with Crippen LogP contribution in [0.25, 0.3) is 0 Å². The zero-order chi connectivity index (χ0) is 13.8. The zero-order valence-electron chi connectivity index (χ0n) is 9.31. The number of ether oxygens (including phenoxy) is 1. The maximum Gasteiger partial charge on any atom is 0.354 e. The normalized spacial score (nSPS) is 10.7. The van der Waals surface area contributed by atoms with Crippen molar-refractivity contribution in [2.24, 2.45) is 0 Å². The van der Waals surface area contributed by atoms with Crippen LogP contribution in [0.1, 0.15) is 9.67 Å². The van der Waals surface area contributed by atoms with E-state index < -0.39 is 17.5 Å². The second-order valence-corrected chi connectivity index (χ2v) is 5.26. The highest BCUT2D eigenvalue weighted by Crippen LogP contribution is 2.32. The SMILES string of the molecule is O=C(Oc1ccccc1F)c1sccc1SC(F)F. The summed E-state index contributed by atoms with van der Waals surface area (Å²) in [5.74, 6) is -4.39. The van der Waals surface area contributed by atoms with Crippen LogP contribution in [0.3, 0.4) is 0 Å². The molecule has 0 saturated carbocycles. The highest BCUT2D eigenvalue weighted by Gasteiger charge is 2.19. The Morgan fingerprint density at radius 3 is 2.68 bits per heavy atom. The van der Waals surface area contributed by atoms with Crippen LogP contribution in [0.15, 0.2) is 40.6 Å². The molecule has 0 aliphatic rings. The van der Waals surface area contributed by atoms with Crippen molar-refractivity contribution in [2.75, 3.05) is 0 Å². The number of rotatable bonds is 4. The molecule has 2 aromatic rings. The first-order valence-corrected chi connectivity index (χ1v) is 6.83. The van der Waals surface area contributed by atoms with Gasteiger partial charge in [0.2, 0.25) is 0 Å². The maximum atomic E-state index is 13.3. The van der Waals surface area contributed by atoms with Crippen molar-refractivity contribution in [3.05, 3.63) is 46.4 Å². The van der Waals surface area contributed by atoms with E-state index >= 15 is 0 Å². The van der Waals surface area contributed by atoms with Gasteiger partial charge in [-0.15, -0.1) is 11.3 Å². The molecule has 7 heteroatoms. The van der Waals surface area contributed by atoms with Gasteiger partial charge in [-0.25, -0.2) is 9.18 Å². The minimum absolute atomic E-state index is 0.0357. The second kappa shape index (κ2) is 6.12. The van der Waals surface area contributed by atoms with Gasteiger partial charge in [-0.1, -0.05) is 23.9 Å². The molecule has 1 aromatic heterocycles. The predicted octanol–water partition coefficient (Wildman–Crippen LogP) is 4.42. The Kier molecular flexibility index (Phi) is 4.49. The molecule has 100 valence electrons. The Labute approximate surface area is 115 Å². The molecule has 19 heavy (non-hydrogen) atoms. The number of carbonyl (C=O) groups is 1. The molecule has 1 heterocycles. The first-order chi connectivity index (χ1) is 9.08. The Bertz CT molecular complexity index is 584. The average molecular weight is 304 g/mol. The van der Waals surface area contributed by atoms with E-state index in [9.17, 15) is 18.0 Å². The summed E-state index contributed by atoms with van der Waals surface area (Å²) in [7, 11) is 0. The number of benzene rings is 1. The third-order valence-electron chi connectivity index (χ3n) is 2.07. The Hall–Kier alpha value is -1.47. The van der Waals surface area contributed by atoms with E-state index in [4.69, 9.17) is 4.74 Å². The molecule has 0 spiro atoms. The maximum absolute atomic E-state index is 13.3. The molecule has 0 saturated heterocycles. The van der Waals surface area contributed by atoms with Crippen LogP contribution in [0.2, 0.25) is 0 Å². The van der Waals surface area contributed by atoms with E-state index in [0.717, 1.165) is 17.4 Å². The summed E-state index contributed by atoms with van der Waals surface area (Å²) in [6.45, 7) is 0. The van der Waals surface area contributed by atoms with E-state index in [1.54, 1.807) is 0 Å². The van der Waals surface area contributed by atoms with Crippen molar-refractivity contribution in [2.45, 2.75) is 10.7 Å². The van der Waals surface area contributed by atoms with E-state index in [-0.39, 0.29) is 27.3 Å². The fourth-order valence-corrected chi connectivity index (χ4v) is 2.87. The summed E-state index contributed by atoms with van der Waals surface area (Å²) in [4.78, 5) is 12.0. The molecule has 2 nitrogen and oxygen atoms in total. The lowest BCUT2D eigenvalue weighted by Crippen LogP contribution is -2.08. The third kappa shape index (κ3) is 3.51. The Balaban J connectivity index is 2.17. The number of thioether (sulfide) groups is 1.